The summed E-state index contributed by atoms with van der Waals surface area (Å²) in [6, 6.07) is 0. The second kappa shape index (κ2) is 17.3. The third kappa shape index (κ3) is 19.5. The Morgan fingerprint density at radius 2 is 1.33 bits per heavy atom. The minimum atomic E-state index is -0.311. The van der Waals surface area contributed by atoms with Crippen molar-refractivity contribution in [3.05, 3.63) is 0 Å². The molecule has 144 valence electrons. The molecule has 1 N–H and O–H groups in total. The van der Waals surface area contributed by atoms with E-state index in [2.05, 4.69) is 4.90 Å². The van der Waals surface area contributed by atoms with Gasteiger partial charge in [-0.15, -0.1) is 0 Å². The number of aliphatic hydroxyl groups is 1. The number of carbonyl (C=O) groups is 1. The van der Waals surface area contributed by atoms with Crippen LogP contribution >= 0.6 is 0 Å². The number of hydrogen-bond acceptors (Lipinski definition) is 7. The van der Waals surface area contributed by atoms with Crippen molar-refractivity contribution in [2.24, 2.45) is 0 Å². The van der Waals surface area contributed by atoms with Gasteiger partial charge in [-0.3, -0.25) is 4.79 Å². The van der Waals surface area contributed by atoms with Crippen LogP contribution in [-0.4, -0.2) is 94.9 Å². The third-order valence-electron chi connectivity index (χ3n) is 3.26. The quantitative estimate of drug-likeness (QED) is 0.366. The van der Waals surface area contributed by atoms with E-state index in [1.165, 1.54) is 0 Å². The molecule has 0 aliphatic heterocycles. The number of hydrogen-bond donors (Lipinski definition) is 1. The topological polar surface area (TPSA) is 77.5 Å². The second-order valence-electron chi connectivity index (χ2n) is 5.84. The molecule has 0 amide bonds. The van der Waals surface area contributed by atoms with Gasteiger partial charge >= 0.3 is 0 Å². The Kier molecular flexibility index (Phi) is 16.8. The Bertz CT molecular complexity index is 288. The molecular weight excluding hydrogens is 314 g/mol. The first kappa shape index (κ1) is 23.4. The van der Waals surface area contributed by atoms with Gasteiger partial charge in [-0.1, -0.05) is 0 Å². The van der Waals surface area contributed by atoms with E-state index in [1.807, 2.05) is 7.05 Å². The zero-order valence-electron chi connectivity index (χ0n) is 15.5. The van der Waals surface area contributed by atoms with Crippen LogP contribution in [-0.2, 0) is 23.7 Å². The van der Waals surface area contributed by atoms with Crippen molar-refractivity contribution in [1.82, 2.24) is 4.90 Å². The van der Waals surface area contributed by atoms with Crippen molar-refractivity contribution < 1.29 is 28.8 Å². The Morgan fingerprint density at radius 1 is 0.875 bits per heavy atom. The summed E-state index contributed by atoms with van der Waals surface area (Å²) in [5.41, 5.74) is 0. The molecule has 0 fully saturated rings. The molecule has 0 aliphatic carbocycles. The third-order valence-corrected chi connectivity index (χ3v) is 3.26. The number of nitrogens with zero attached hydrogens (tertiary/aromatic N) is 1. The van der Waals surface area contributed by atoms with Crippen LogP contribution in [0.3, 0.4) is 0 Å². The van der Waals surface area contributed by atoms with Crippen LogP contribution in [0.1, 0.15) is 26.7 Å². The van der Waals surface area contributed by atoms with Gasteiger partial charge in [-0.2, -0.15) is 0 Å². The van der Waals surface area contributed by atoms with E-state index in [0.717, 1.165) is 13.1 Å². The summed E-state index contributed by atoms with van der Waals surface area (Å²) >= 11 is 0. The van der Waals surface area contributed by atoms with Crippen LogP contribution in [0.5, 0.6) is 0 Å². The van der Waals surface area contributed by atoms with Gasteiger partial charge in [0.1, 0.15) is 5.78 Å². The number of ether oxygens (including phenoxy) is 4. The number of carbonyl (C=O) groups excluding carboxylic acids is 1. The molecule has 0 heterocycles. The lowest BCUT2D eigenvalue weighted by Crippen LogP contribution is -2.28. The fraction of sp³-hybridized carbons (Fsp3) is 0.941. The molecule has 0 rings (SSSR count). The molecule has 7 heteroatoms. The number of aliphatic hydroxyl groups excluding tert-OH is 1. The van der Waals surface area contributed by atoms with E-state index in [0.29, 0.717) is 65.7 Å². The average Bonchev–Trinajstić information content (AvgIpc) is 2.51. The maximum absolute atomic E-state index is 10.7. The van der Waals surface area contributed by atoms with Gasteiger partial charge in [-0.05, 0) is 27.3 Å². The summed E-state index contributed by atoms with van der Waals surface area (Å²) in [6.07, 6.45) is 0.813. The smallest absolute Gasteiger partial charge is 0.132 e. The van der Waals surface area contributed by atoms with Crippen LogP contribution in [0.25, 0.3) is 0 Å². The van der Waals surface area contributed by atoms with Crippen molar-refractivity contribution >= 4 is 5.78 Å². The Hall–Kier alpha value is -0.570. The molecule has 0 spiro atoms. The van der Waals surface area contributed by atoms with E-state index in [-0.39, 0.29) is 11.9 Å². The summed E-state index contributed by atoms with van der Waals surface area (Å²) < 4.78 is 21.6. The highest BCUT2D eigenvalue weighted by Crippen LogP contribution is 1.91. The highest BCUT2D eigenvalue weighted by Gasteiger charge is 2.00. The van der Waals surface area contributed by atoms with Crippen molar-refractivity contribution in [2.75, 3.05) is 73.0 Å². The lowest BCUT2D eigenvalue weighted by molar-refractivity contribution is -0.118. The molecule has 0 aromatic carbocycles. The highest BCUT2D eigenvalue weighted by molar-refractivity contribution is 5.75. The molecule has 0 saturated carbocycles. The Balaban J connectivity index is 3.18. The summed E-state index contributed by atoms with van der Waals surface area (Å²) in [4.78, 5) is 12.9. The van der Waals surface area contributed by atoms with Gasteiger partial charge in [0, 0.05) is 26.1 Å². The maximum atomic E-state index is 10.7. The SMILES string of the molecule is CC(=O)CCOCCOCCN(C)CCOCCOCCC(C)O. The summed E-state index contributed by atoms with van der Waals surface area (Å²) in [5, 5.41) is 9.07. The summed E-state index contributed by atoms with van der Waals surface area (Å²) in [7, 11) is 2.02. The van der Waals surface area contributed by atoms with Crippen LogP contribution in [0, 0.1) is 0 Å². The Labute approximate surface area is 146 Å². The van der Waals surface area contributed by atoms with Crippen LogP contribution in [0.2, 0.25) is 0 Å². The van der Waals surface area contributed by atoms with Gasteiger partial charge < -0.3 is 29.0 Å². The van der Waals surface area contributed by atoms with E-state index < -0.39 is 0 Å². The fourth-order valence-electron chi connectivity index (χ4n) is 1.67. The first-order chi connectivity index (χ1) is 11.5. The van der Waals surface area contributed by atoms with Crippen LogP contribution in [0.15, 0.2) is 0 Å². The van der Waals surface area contributed by atoms with Gasteiger partial charge in [0.2, 0.25) is 0 Å². The molecule has 1 unspecified atom stereocenters. The van der Waals surface area contributed by atoms with Gasteiger partial charge in [0.15, 0.2) is 0 Å². The summed E-state index contributed by atoms with van der Waals surface area (Å²) in [5.74, 6) is 0.145. The number of Topliss-reactive ketones (excluding diaryl/α,β-unsaturated/α-hetero) is 1. The van der Waals surface area contributed by atoms with Gasteiger partial charge in [-0.25, -0.2) is 0 Å². The fourth-order valence-corrected chi connectivity index (χ4v) is 1.67. The second-order valence-corrected chi connectivity index (χ2v) is 5.84. The lowest BCUT2D eigenvalue weighted by Gasteiger charge is -2.16. The normalized spacial score (nSPS) is 12.7. The number of ketones is 1. The van der Waals surface area contributed by atoms with Gasteiger partial charge in [0.25, 0.3) is 0 Å². The molecular formula is C17H35NO6. The molecule has 24 heavy (non-hydrogen) atoms. The number of likely N-dealkylation sites (N-methyl/N-ethyl adjacent to an activating group) is 1. The minimum Gasteiger partial charge on any atom is -0.393 e. The summed E-state index contributed by atoms with van der Waals surface area (Å²) in [6.45, 7) is 9.53. The van der Waals surface area contributed by atoms with E-state index in [1.54, 1.807) is 13.8 Å². The molecule has 0 radical (unpaired) electrons. The predicted molar refractivity (Wildman–Crippen MR) is 92.4 cm³/mol. The predicted octanol–water partition coefficient (Wildman–Crippen LogP) is 0.735. The average molecular weight is 349 g/mol. The van der Waals surface area contributed by atoms with Crippen molar-refractivity contribution in [3.63, 3.8) is 0 Å². The highest BCUT2D eigenvalue weighted by atomic mass is 16.5. The first-order valence-electron chi connectivity index (χ1n) is 8.69. The minimum absolute atomic E-state index is 0.145. The first-order valence-corrected chi connectivity index (χ1v) is 8.69. The molecule has 0 bridgehead atoms. The van der Waals surface area contributed by atoms with Crippen molar-refractivity contribution in [3.8, 4) is 0 Å². The molecule has 0 aromatic rings. The zero-order chi connectivity index (χ0) is 18.0. The Morgan fingerprint density at radius 3 is 1.79 bits per heavy atom. The molecule has 0 aromatic heterocycles. The largest absolute Gasteiger partial charge is 0.393 e. The van der Waals surface area contributed by atoms with E-state index in [4.69, 9.17) is 24.1 Å². The van der Waals surface area contributed by atoms with E-state index in [9.17, 15) is 4.79 Å². The molecule has 0 saturated heterocycles. The molecule has 1 atom stereocenters. The lowest BCUT2D eigenvalue weighted by atomic mass is 10.3. The zero-order valence-corrected chi connectivity index (χ0v) is 15.5. The van der Waals surface area contributed by atoms with Crippen LogP contribution < -0.4 is 0 Å². The monoisotopic (exact) mass is 349 g/mol. The van der Waals surface area contributed by atoms with Crippen molar-refractivity contribution in [1.29, 1.82) is 0 Å². The molecule has 0 aliphatic rings. The van der Waals surface area contributed by atoms with Crippen LogP contribution in [0.4, 0.5) is 0 Å². The number of rotatable bonds is 18. The maximum Gasteiger partial charge on any atom is 0.132 e. The molecule has 7 nitrogen and oxygen atoms in total. The van der Waals surface area contributed by atoms with Gasteiger partial charge in [0.05, 0.1) is 52.4 Å². The standard InChI is InChI=1S/C17H35NO6/c1-16(19)4-8-21-12-14-23-10-6-18(3)7-11-24-15-13-22-9-5-17(2)20/h16,19H,4-15H2,1-3H3. The van der Waals surface area contributed by atoms with Crippen molar-refractivity contribution in [2.45, 2.75) is 32.8 Å². The van der Waals surface area contributed by atoms with E-state index >= 15 is 0 Å².